The van der Waals surface area contributed by atoms with Crippen molar-refractivity contribution < 1.29 is 4.92 Å². The molecule has 1 aromatic carbocycles. The zero-order chi connectivity index (χ0) is 11.3. The average molecular weight is 206 g/mol. The fraction of sp³-hybridized carbons (Fsp3) is 0.273. The van der Waals surface area contributed by atoms with Gasteiger partial charge in [-0.25, -0.2) is 0 Å². The van der Waals surface area contributed by atoms with Gasteiger partial charge in [0.25, 0.3) is 5.69 Å². The molecule has 4 nitrogen and oxygen atoms in total. The number of hydrogen-bond acceptors (Lipinski definition) is 3. The van der Waals surface area contributed by atoms with Gasteiger partial charge < -0.3 is 5.73 Å². The number of nitrogens with two attached hydrogens (primary N) is 1. The molecule has 0 radical (unpaired) electrons. The first kappa shape index (κ1) is 11.4. The third-order valence-electron chi connectivity index (χ3n) is 2.01. The topological polar surface area (TPSA) is 69.2 Å². The molecule has 0 amide bonds. The second-order valence-electron chi connectivity index (χ2n) is 3.30. The number of benzene rings is 1. The van der Waals surface area contributed by atoms with Crippen molar-refractivity contribution in [2.45, 2.75) is 13.3 Å². The lowest BCUT2D eigenvalue weighted by Gasteiger charge is -1.99. The first-order valence-electron chi connectivity index (χ1n) is 4.77. The van der Waals surface area contributed by atoms with Gasteiger partial charge in [-0.1, -0.05) is 23.8 Å². The monoisotopic (exact) mass is 206 g/mol. The number of aryl methyl sites for hydroxylation is 1. The Bertz CT molecular complexity index is 386. The molecule has 15 heavy (non-hydrogen) atoms. The Balaban J connectivity index is 3.02. The van der Waals surface area contributed by atoms with Crippen LogP contribution in [0.2, 0.25) is 0 Å². The van der Waals surface area contributed by atoms with Crippen LogP contribution in [0, 0.1) is 17.0 Å². The lowest BCUT2D eigenvalue weighted by Crippen LogP contribution is -1.95. The highest BCUT2D eigenvalue weighted by molar-refractivity contribution is 5.61. The first-order chi connectivity index (χ1) is 7.15. The summed E-state index contributed by atoms with van der Waals surface area (Å²) in [6.45, 7) is 2.46. The predicted octanol–water partition coefficient (Wildman–Crippen LogP) is 2.27. The molecule has 0 unspecified atom stereocenters. The molecule has 80 valence electrons. The quantitative estimate of drug-likeness (QED) is 0.606. The summed E-state index contributed by atoms with van der Waals surface area (Å²) < 4.78 is 0. The molecular weight excluding hydrogens is 192 g/mol. The van der Waals surface area contributed by atoms with Gasteiger partial charge in [0.2, 0.25) is 0 Å². The van der Waals surface area contributed by atoms with Crippen LogP contribution in [-0.4, -0.2) is 11.5 Å². The van der Waals surface area contributed by atoms with E-state index in [4.69, 9.17) is 5.73 Å². The van der Waals surface area contributed by atoms with Gasteiger partial charge in [-0.15, -0.1) is 0 Å². The highest BCUT2D eigenvalue weighted by Crippen LogP contribution is 2.21. The maximum Gasteiger partial charge on any atom is 0.276 e. The largest absolute Gasteiger partial charge is 0.330 e. The van der Waals surface area contributed by atoms with E-state index in [-0.39, 0.29) is 10.6 Å². The van der Waals surface area contributed by atoms with E-state index in [1.165, 1.54) is 6.07 Å². The van der Waals surface area contributed by atoms with Gasteiger partial charge in [-0.2, -0.15) is 0 Å². The minimum absolute atomic E-state index is 0.133. The smallest absolute Gasteiger partial charge is 0.276 e. The van der Waals surface area contributed by atoms with E-state index in [1.807, 2.05) is 13.0 Å². The van der Waals surface area contributed by atoms with Crippen LogP contribution in [0.25, 0.3) is 6.08 Å². The molecule has 0 fully saturated rings. The van der Waals surface area contributed by atoms with Gasteiger partial charge in [-0.05, 0) is 26.0 Å². The van der Waals surface area contributed by atoms with Gasteiger partial charge >= 0.3 is 0 Å². The van der Waals surface area contributed by atoms with Gasteiger partial charge in [0, 0.05) is 6.07 Å². The average Bonchev–Trinajstić information content (AvgIpc) is 2.18. The molecule has 1 rings (SSSR count). The Morgan fingerprint density at radius 3 is 2.87 bits per heavy atom. The summed E-state index contributed by atoms with van der Waals surface area (Å²) in [5.41, 5.74) is 7.11. The summed E-state index contributed by atoms with van der Waals surface area (Å²) >= 11 is 0. The number of hydrogen-bond donors (Lipinski definition) is 1. The van der Waals surface area contributed by atoms with Crippen LogP contribution >= 0.6 is 0 Å². The molecule has 2 N–H and O–H groups in total. The first-order valence-corrected chi connectivity index (χ1v) is 4.77. The van der Waals surface area contributed by atoms with E-state index in [0.717, 1.165) is 12.0 Å². The third-order valence-corrected chi connectivity index (χ3v) is 2.01. The summed E-state index contributed by atoms with van der Waals surface area (Å²) in [7, 11) is 0. The Morgan fingerprint density at radius 2 is 2.27 bits per heavy atom. The second-order valence-corrected chi connectivity index (χ2v) is 3.30. The molecule has 0 spiro atoms. The van der Waals surface area contributed by atoms with Crippen LogP contribution in [0.15, 0.2) is 24.3 Å². The van der Waals surface area contributed by atoms with E-state index < -0.39 is 0 Å². The van der Waals surface area contributed by atoms with E-state index in [2.05, 4.69) is 0 Å². The van der Waals surface area contributed by atoms with Crippen LogP contribution < -0.4 is 5.73 Å². The molecule has 0 saturated carbocycles. The Labute approximate surface area is 88.6 Å². The summed E-state index contributed by atoms with van der Waals surface area (Å²) in [5.74, 6) is 0. The maximum atomic E-state index is 10.7. The van der Waals surface area contributed by atoms with Crippen molar-refractivity contribution in [2.24, 2.45) is 5.73 Å². The van der Waals surface area contributed by atoms with Crippen molar-refractivity contribution in [1.29, 1.82) is 0 Å². The van der Waals surface area contributed by atoms with E-state index in [0.29, 0.717) is 12.1 Å². The van der Waals surface area contributed by atoms with Gasteiger partial charge in [0.05, 0.1) is 10.5 Å². The highest BCUT2D eigenvalue weighted by Gasteiger charge is 2.10. The molecule has 0 aliphatic carbocycles. The van der Waals surface area contributed by atoms with E-state index in [1.54, 1.807) is 18.2 Å². The normalized spacial score (nSPS) is 10.8. The fourth-order valence-electron chi connectivity index (χ4n) is 1.28. The number of rotatable bonds is 4. The molecule has 0 bridgehead atoms. The molecule has 0 atom stereocenters. The molecule has 4 heteroatoms. The predicted molar refractivity (Wildman–Crippen MR) is 60.5 cm³/mol. The lowest BCUT2D eigenvalue weighted by atomic mass is 10.1. The van der Waals surface area contributed by atoms with Crippen molar-refractivity contribution in [3.05, 3.63) is 45.5 Å². The number of nitro groups is 1. The minimum Gasteiger partial charge on any atom is -0.330 e. The Morgan fingerprint density at radius 1 is 1.53 bits per heavy atom. The van der Waals surface area contributed by atoms with Crippen molar-refractivity contribution in [3.63, 3.8) is 0 Å². The molecule has 0 aliphatic heterocycles. The third kappa shape index (κ3) is 3.18. The van der Waals surface area contributed by atoms with Crippen LogP contribution in [0.3, 0.4) is 0 Å². The number of nitro benzene ring substituents is 1. The minimum atomic E-state index is -0.373. The Kier molecular flexibility index (Phi) is 4.00. The zero-order valence-electron chi connectivity index (χ0n) is 8.64. The zero-order valence-corrected chi connectivity index (χ0v) is 8.64. The van der Waals surface area contributed by atoms with Crippen LogP contribution in [-0.2, 0) is 0 Å². The van der Waals surface area contributed by atoms with Crippen molar-refractivity contribution in [1.82, 2.24) is 0 Å². The summed E-state index contributed by atoms with van der Waals surface area (Å²) in [4.78, 5) is 10.3. The molecule has 0 aliphatic rings. The SMILES string of the molecule is Cc1ccc([N+](=O)[O-])c(C=CCCN)c1. The second kappa shape index (κ2) is 5.26. The van der Waals surface area contributed by atoms with E-state index >= 15 is 0 Å². The van der Waals surface area contributed by atoms with Gasteiger partial charge in [0.1, 0.15) is 0 Å². The molecule has 1 aromatic rings. The molecule has 0 heterocycles. The highest BCUT2D eigenvalue weighted by atomic mass is 16.6. The summed E-state index contributed by atoms with van der Waals surface area (Å²) in [6, 6.07) is 5.06. The van der Waals surface area contributed by atoms with E-state index in [9.17, 15) is 10.1 Å². The molecule has 0 aromatic heterocycles. The lowest BCUT2D eigenvalue weighted by molar-refractivity contribution is -0.385. The fourth-order valence-corrected chi connectivity index (χ4v) is 1.28. The molecule has 0 saturated heterocycles. The van der Waals surface area contributed by atoms with Crippen LogP contribution in [0.4, 0.5) is 5.69 Å². The van der Waals surface area contributed by atoms with Crippen LogP contribution in [0.5, 0.6) is 0 Å². The molecular formula is C11H14N2O2. The van der Waals surface area contributed by atoms with Crippen molar-refractivity contribution in [3.8, 4) is 0 Å². The number of nitrogens with zero attached hydrogens (tertiary/aromatic N) is 1. The maximum absolute atomic E-state index is 10.7. The standard InChI is InChI=1S/C11H14N2O2/c1-9-5-6-11(13(14)15)10(8-9)4-2-3-7-12/h2,4-6,8H,3,7,12H2,1H3. The summed E-state index contributed by atoms with van der Waals surface area (Å²) in [5, 5.41) is 10.7. The van der Waals surface area contributed by atoms with Gasteiger partial charge in [0.15, 0.2) is 0 Å². The van der Waals surface area contributed by atoms with Crippen molar-refractivity contribution in [2.75, 3.05) is 6.54 Å². The van der Waals surface area contributed by atoms with Crippen molar-refractivity contribution >= 4 is 11.8 Å². The summed E-state index contributed by atoms with van der Waals surface area (Å²) in [6.07, 6.45) is 4.32. The van der Waals surface area contributed by atoms with Crippen LogP contribution in [0.1, 0.15) is 17.5 Å². The van der Waals surface area contributed by atoms with Gasteiger partial charge in [-0.3, -0.25) is 10.1 Å². The Hall–Kier alpha value is -1.68.